The molecule has 0 bridgehead atoms. The molecule has 92 valence electrons. The Morgan fingerprint density at radius 1 is 1.41 bits per heavy atom. The Morgan fingerprint density at radius 2 is 2.18 bits per heavy atom. The second kappa shape index (κ2) is 7.07. The number of ether oxygens (including phenoxy) is 1. The van der Waals surface area contributed by atoms with Crippen molar-refractivity contribution in [2.24, 2.45) is 0 Å². The van der Waals surface area contributed by atoms with Crippen LogP contribution in [-0.2, 0) is 4.79 Å². The number of alkyl halides is 1. The molecule has 0 spiro atoms. The molecular weight excluding hydrogens is 240 g/mol. The highest BCUT2D eigenvalue weighted by Crippen LogP contribution is 2.19. The average Bonchev–Trinajstić information content (AvgIpc) is 2.32. The topological polar surface area (TPSA) is 43.4 Å². The number of hydrogen-bond acceptors (Lipinski definition) is 3. The Labute approximate surface area is 106 Å². The van der Waals surface area contributed by atoms with E-state index < -0.39 is 0 Å². The molecule has 0 atom stereocenters. The van der Waals surface area contributed by atoms with Crippen molar-refractivity contribution in [1.29, 1.82) is 0 Å². The van der Waals surface area contributed by atoms with Crippen molar-refractivity contribution in [2.45, 2.75) is 26.2 Å². The number of carbonyl (C=O) groups is 2. The van der Waals surface area contributed by atoms with Crippen LogP contribution in [0.3, 0.4) is 0 Å². The molecular formula is C13H15ClO3. The molecule has 0 N–H and O–H groups in total. The van der Waals surface area contributed by atoms with Gasteiger partial charge in [-0.15, -0.1) is 11.6 Å². The lowest BCUT2D eigenvalue weighted by Crippen LogP contribution is -2.08. The van der Waals surface area contributed by atoms with Gasteiger partial charge in [0.05, 0.1) is 0 Å². The molecule has 17 heavy (non-hydrogen) atoms. The molecule has 0 heterocycles. The summed E-state index contributed by atoms with van der Waals surface area (Å²) in [6, 6.07) is 4.95. The fourth-order valence-electron chi connectivity index (χ4n) is 1.40. The van der Waals surface area contributed by atoms with Gasteiger partial charge in [0.2, 0.25) is 0 Å². The fourth-order valence-corrected chi connectivity index (χ4v) is 1.59. The maximum Gasteiger partial charge on any atom is 0.311 e. The number of rotatable bonds is 6. The van der Waals surface area contributed by atoms with E-state index in [4.69, 9.17) is 16.3 Å². The van der Waals surface area contributed by atoms with Crippen LogP contribution in [0.4, 0.5) is 0 Å². The quantitative estimate of drug-likeness (QED) is 0.258. The number of halogens is 1. The van der Waals surface area contributed by atoms with E-state index in [1.165, 1.54) is 0 Å². The second-order valence-electron chi connectivity index (χ2n) is 3.76. The van der Waals surface area contributed by atoms with Gasteiger partial charge in [-0.2, -0.15) is 0 Å². The normalized spacial score (nSPS) is 10.0. The number of hydrogen-bond donors (Lipinski definition) is 0. The highest BCUT2D eigenvalue weighted by Gasteiger charge is 2.07. The number of carbonyl (C=O) groups excluding carboxylic acids is 2. The van der Waals surface area contributed by atoms with E-state index in [1.54, 1.807) is 25.1 Å². The Kier molecular flexibility index (Phi) is 5.70. The number of aldehydes is 1. The van der Waals surface area contributed by atoms with E-state index in [9.17, 15) is 9.59 Å². The molecule has 0 amide bonds. The van der Waals surface area contributed by atoms with Gasteiger partial charge in [0, 0.05) is 17.9 Å². The molecule has 1 aromatic carbocycles. The number of aryl methyl sites for hydroxylation is 1. The third-order valence-corrected chi connectivity index (χ3v) is 2.59. The molecule has 0 aliphatic heterocycles. The monoisotopic (exact) mass is 254 g/mol. The second-order valence-corrected chi connectivity index (χ2v) is 4.14. The highest BCUT2D eigenvalue weighted by molar-refractivity contribution is 6.17. The number of unbranched alkanes of at least 4 members (excludes halogenated alkanes) is 1. The van der Waals surface area contributed by atoms with Crippen molar-refractivity contribution < 1.29 is 14.3 Å². The van der Waals surface area contributed by atoms with Crippen LogP contribution in [0.5, 0.6) is 5.75 Å². The minimum atomic E-state index is -0.267. The number of esters is 1. The van der Waals surface area contributed by atoms with E-state index in [0.717, 1.165) is 24.7 Å². The van der Waals surface area contributed by atoms with Crippen molar-refractivity contribution >= 4 is 23.9 Å². The van der Waals surface area contributed by atoms with Crippen LogP contribution in [-0.4, -0.2) is 18.1 Å². The van der Waals surface area contributed by atoms with Crippen molar-refractivity contribution in [2.75, 3.05) is 5.88 Å². The minimum Gasteiger partial charge on any atom is -0.426 e. The van der Waals surface area contributed by atoms with Crippen LogP contribution in [0.1, 0.15) is 35.2 Å². The van der Waals surface area contributed by atoms with Gasteiger partial charge in [0.15, 0.2) is 0 Å². The molecule has 0 unspecified atom stereocenters. The Balaban J connectivity index is 2.56. The Bertz CT molecular complexity index is 402. The predicted octanol–water partition coefficient (Wildman–Crippen LogP) is 3.12. The van der Waals surface area contributed by atoms with Gasteiger partial charge in [0.1, 0.15) is 12.0 Å². The summed E-state index contributed by atoms with van der Waals surface area (Å²) in [5.74, 6) is 0.795. The predicted molar refractivity (Wildman–Crippen MR) is 66.8 cm³/mol. The molecule has 1 aromatic rings. The van der Waals surface area contributed by atoms with Gasteiger partial charge in [-0.3, -0.25) is 9.59 Å². The number of benzene rings is 1. The first-order valence-electron chi connectivity index (χ1n) is 5.50. The van der Waals surface area contributed by atoms with Crippen LogP contribution in [0.2, 0.25) is 0 Å². The summed E-state index contributed by atoms with van der Waals surface area (Å²) < 4.78 is 5.19. The Morgan fingerprint density at radius 3 is 2.76 bits per heavy atom. The van der Waals surface area contributed by atoms with Crippen LogP contribution < -0.4 is 4.74 Å². The van der Waals surface area contributed by atoms with Gasteiger partial charge in [-0.1, -0.05) is 0 Å². The van der Waals surface area contributed by atoms with Crippen molar-refractivity contribution in [3.8, 4) is 5.75 Å². The largest absolute Gasteiger partial charge is 0.426 e. The maximum atomic E-state index is 11.5. The van der Waals surface area contributed by atoms with E-state index in [2.05, 4.69) is 0 Å². The summed E-state index contributed by atoms with van der Waals surface area (Å²) in [6.07, 6.45) is 2.66. The summed E-state index contributed by atoms with van der Waals surface area (Å²) in [7, 11) is 0. The molecule has 0 radical (unpaired) electrons. The summed E-state index contributed by atoms with van der Waals surface area (Å²) in [4.78, 5) is 22.0. The molecule has 0 aliphatic carbocycles. The first-order valence-corrected chi connectivity index (χ1v) is 6.03. The lowest BCUT2D eigenvalue weighted by Gasteiger charge is -2.07. The van der Waals surface area contributed by atoms with Gasteiger partial charge in [-0.05, 0) is 43.5 Å². The molecule has 1 rings (SSSR count). The average molecular weight is 255 g/mol. The third kappa shape index (κ3) is 4.57. The van der Waals surface area contributed by atoms with E-state index >= 15 is 0 Å². The highest BCUT2D eigenvalue weighted by atomic mass is 35.5. The van der Waals surface area contributed by atoms with Crippen LogP contribution >= 0.6 is 11.6 Å². The summed E-state index contributed by atoms with van der Waals surface area (Å²) in [5, 5.41) is 0. The van der Waals surface area contributed by atoms with Gasteiger partial charge < -0.3 is 4.74 Å². The van der Waals surface area contributed by atoms with Crippen LogP contribution in [0.25, 0.3) is 0 Å². The molecule has 0 fully saturated rings. The summed E-state index contributed by atoms with van der Waals surface area (Å²) >= 11 is 5.52. The van der Waals surface area contributed by atoms with Gasteiger partial charge in [0.25, 0.3) is 0 Å². The first kappa shape index (κ1) is 13.7. The van der Waals surface area contributed by atoms with Crippen LogP contribution in [0, 0.1) is 6.92 Å². The molecule has 3 nitrogen and oxygen atoms in total. The fraction of sp³-hybridized carbons (Fsp3) is 0.385. The van der Waals surface area contributed by atoms with E-state index in [-0.39, 0.29) is 5.97 Å². The maximum absolute atomic E-state index is 11.5. The summed E-state index contributed by atoms with van der Waals surface area (Å²) in [6.45, 7) is 1.80. The zero-order chi connectivity index (χ0) is 12.7. The lowest BCUT2D eigenvalue weighted by molar-refractivity contribution is -0.134. The van der Waals surface area contributed by atoms with Crippen LogP contribution in [0.15, 0.2) is 18.2 Å². The van der Waals surface area contributed by atoms with E-state index in [0.29, 0.717) is 23.6 Å². The zero-order valence-electron chi connectivity index (χ0n) is 9.74. The van der Waals surface area contributed by atoms with E-state index in [1.807, 2.05) is 0 Å². The molecule has 0 saturated heterocycles. The standard InChI is InChI=1S/C13H15ClO3/c1-10-8-11(9-15)5-6-12(10)17-13(16)4-2-3-7-14/h5-6,8-9H,2-4,7H2,1H3. The molecule has 4 heteroatoms. The third-order valence-electron chi connectivity index (χ3n) is 2.32. The van der Waals surface area contributed by atoms with Gasteiger partial charge >= 0.3 is 5.97 Å². The van der Waals surface area contributed by atoms with Crippen molar-refractivity contribution in [1.82, 2.24) is 0 Å². The molecule has 0 saturated carbocycles. The summed E-state index contributed by atoms with van der Waals surface area (Å²) in [5.41, 5.74) is 1.35. The Hall–Kier alpha value is -1.35. The molecule has 0 aromatic heterocycles. The smallest absolute Gasteiger partial charge is 0.311 e. The first-order chi connectivity index (χ1) is 8.17. The zero-order valence-corrected chi connectivity index (χ0v) is 10.5. The molecule has 0 aliphatic rings. The van der Waals surface area contributed by atoms with Gasteiger partial charge in [-0.25, -0.2) is 0 Å². The van der Waals surface area contributed by atoms with Crippen molar-refractivity contribution in [3.63, 3.8) is 0 Å². The SMILES string of the molecule is Cc1cc(C=O)ccc1OC(=O)CCCCCl. The lowest BCUT2D eigenvalue weighted by atomic mass is 10.1. The van der Waals surface area contributed by atoms with Crippen molar-refractivity contribution in [3.05, 3.63) is 29.3 Å². The minimum absolute atomic E-state index is 0.267.